The summed E-state index contributed by atoms with van der Waals surface area (Å²) < 4.78 is 7.05. The molecule has 126 valence electrons. The van der Waals surface area contributed by atoms with Gasteiger partial charge >= 0.3 is 5.97 Å². The molecule has 1 aliphatic carbocycles. The first-order valence-corrected chi connectivity index (χ1v) is 8.24. The summed E-state index contributed by atoms with van der Waals surface area (Å²) in [6.45, 7) is 5.22. The van der Waals surface area contributed by atoms with Crippen molar-refractivity contribution in [2.45, 2.75) is 40.0 Å². The Kier molecular flexibility index (Phi) is 4.26. The molecule has 0 bridgehead atoms. The number of nitrogens with zero attached hydrogens (tertiary/aromatic N) is 2. The van der Waals surface area contributed by atoms with Crippen LogP contribution in [0.1, 0.15) is 48.9 Å². The molecule has 1 aromatic carbocycles. The Labute approximate surface area is 141 Å². The maximum atomic E-state index is 12.4. The molecule has 0 unspecified atom stereocenters. The summed E-state index contributed by atoms with van der Waals surface area (Å²) in [5.74, 6) is -0.615. The number of hydrogen-bond donors (Lipinski definition) is 0. The van der Waals surface area contributed by atoms with Crippen LogP contribution >= 0.6 is 0 Å². The highest BCUT2D eigenvalue weighted by molar-refractivity contribution is 5.92. The van der Waals surface area contributed by atoms with E-state index in [1.807, 2.05) is 55.8 Å². The Balaban J connectivity index is 1.84. The normalized spacial score (nSPS) is 13.6. The van der Waals surface area contributed by atoms with Crippen molar-refractivity contribution in [2.75, 3.05) is 6.61 Å². The molecular weight excluding hydrogens is 304 g/mol. The maximum Gasteiger partial charge on any atom is 0.359 e. The largest absolute Gasteiger partial charge is 0.453 e. The maximum absolute atomic E-state index is 12.4. The lowest BCUT2D eigenvalue weighted by Gasteiger charge is -2.15. The molecule has 0 N–H and O–H groups in total. The van der Waals surface area contributed by atoms with Gasteiger partial charge in [0.15, 0.2) is 18.1 Å². The monoisotopic (exact) mass is 326 g/mol. The molecule has 1 heterocycles. The molecule has 0 saturated carbocycles. The van der Waals surface area contributed by atoms with E-state index in [2.05, 4.69) is 5.10 Å². The van der Waals surface area contributed by atoms with Crippen LogP contribution in [0, 0.1) is 5.41 Å². The van der Waals surface area contributed by atoms with Crippen LogP contribution < -0.4 is 0 Å². The van der Waals surface area contributed by atoms with Crippen LogP contribution in [0.25, 0.3) is 5.69 Å². The van der Waals surface area contributed by atoms with Gasteiger partial charge in [-0.25, -0.2) is 9.48 Å². The fraction of sp³-hybridized carbons (Fsp3) is 0.421. The number of carbonyl (C=O) groups is 2. The van der Waals surface area contributed by atoms with Crippen molar-refractivity contribution in [3.05, 3.63) is 47.3 Å². The molecule has 1 aliphatic rings. The van der Waals surface area contributed by atoms with Crippen molar-refractivity contribution < 1.29 is 14.3 Å². The zero-order valence-electron chi connectivity index (χ0n) is 14.3. The van der Waals surface area contributed by atoms with Gasteiger partial charge in [-0.1, -0.05) is 39.0 Å². The highest BCUT2D eigenvalue weighted by Crippen LogP contribution is 2.28. The van der Waals surface area contributed by atoms with Gasteiger partial charge in [-0.3, -0.25) is 4.79 Å². The smallest absolute Gasteiger partial charge is 0.359 e. The van der Waals surface area contributed by atoms with Gasteiger partial charge in [-0.15, -0.1) is 0 Å². The summed E-state index contributed by atoms with van der Waals surface area (Å²) in [6.07, 6.45) is 2.71. The topological polar surface area (TPSA) is 61.2 Å². The zero-order chi connectivity index (χ0) is 17.3. The Morgan fingerprint density at radius 1 is 1.17 bits per heavy atom. The molecule has 2 aromatic rings. The Morgan fingerprint density at radius 3 is 2.54 bits per heavy atom. The van der Waals surface area contributed by atoms with Gasteiger partial charge < -0.3 is 4.74 Å². The minimum atomic E-state index is -0.522. The van der Waals surface area contributed by atoms with E-state index in [0.29, 0.717) is 5.69 Å². The number of benzene rings is 1. The first kappa shape index (κ1) is 16.4. The second-order valence-electron chi connectivity index (χ2n) is 7.12. The van der Waals surface area contributed by atoms with E-state index < -0.39 is 11.4 Å². The second-order valence-corrected chi connectivity index (χ2v) is 7.12. The van der Waals surface area contributed by atoms with Crippen LogP contribution in [0.4, 0.5) is 0 Å². The molecule has 0 amide bonds. The van der Waals surface area contributed by atoms with Crippen LogP contribution in [-0.4, -0.2) is 28.1 Å². The van der Waals surface area contributed by atoms with Crippen LogP contribution in [0.15, 0.2) is 30.3 Å². The number of fused-ring (bicyclic) bond motifs is 1. The van der Waals surface area contributed by atoms with E-state index in [4.69, 9.17) is 4.74 Å². The van der Waals surface area contributed by atoms with Crippen LogP contribution in [0.5, 0.6) is 0 Å². The average Bonchev–Trinajstić information content (AvgIpc) is 3.14. The third-order valence-corrected chi connectivity index (χ3v) is 4.30. The summed E-state index contributed by atoms with van der Waals surface area (Å²) in [4.78, 5) is 24.4. The lowest BCUT2D eigenvalue weighted by molar-refractivity contribution is -0.129. The highest BCUT2D eigenvalue weighted by Gasteiger charge is 2.29. The first-order valence-electron chi connectivity index (χ1n) is 8.24. The minimum absolute atomic E-state index is 0.102. The van der Waals surface area contributed by atoms with Gasteiger partial charge in [0.2, 0.25) is 0 Å². The van der Waals surface area contributed by atoms with Gasteiger partial charge in [-0.2, -0.15) is 5.10 Å². The van der Waals surface area contributed by atoms with Crippen molar-refractivity contribution in [3.63, 3.8) is 0 Å². The number of ketones is 1. The van der Waals surface area contributed by atoms with Crippen LogP contribution in [0.3, 0.4) is 0 Å². The van der Waals surface area contributed by atoms with Crippen molar-refractivity contribution >= 4 is 11.8 Å². The van der Waals surface area contributed by atoms with Gasteiger partial charge in [-0.05, 0) is 31.4 Å². The first-order chi connectivity index (χ1) is 11.4. The van der Waals surface area contributed by atoms with Gasteiger partial charge in [0, 0.05) is 16.7 Å². The molecular formula is C19H22N2O3. The third kappa shape index (κ3) is 3.11. The second kappa shape index (κ2) is 6.23. The molecule has 0 aliphatic heterocycles. The number of para-hydroxylation sites is 1. The quantitative estimate of drug-likeness (QED) is 0.810. The van der Waals surface area contributed by atoms with Crippen molar-refractivity contribution in [2.24, 2.45) is 5.41 Å². The molecule has 5 nitrogen and oxygen atoms in total. The summed E-state index contributed by atoms with van der Waals surface area (Å²) in [5.41, 5.74) is 2.77. The fourth-order valence-corrected chi connectivity index (χ4v) is 2.80. The van der Waals surface area contributed by atoms with Gasteiger partial charge in [0.1, 0.15) is 0 Å². The predicted octanol–water partition coefficient (Wildman–Crippen LogP) is 3.13. The SMILES string of the molecule is CC(C)(C)C(=O)COC(=O)c1nn(-c2ccccc2)c2c1CCC2. The summed E-state index contributed by atoms with van der Waals surface area (Å²) in [6, 6.07) is 9.75. The van der Waals surface area contributed by atoms with E-state index in [0.717, 1.165) is 36.2 Å². The highest BCUT2D eigenvalue weighted by atomic mass is 16.5. The zero-order valence-corrected chi connectivity index (χ0v) is 14.3. The van der Waals surface area contributed by atoms with E-state index in [1.54, 1.807) is 0 Å². The van der Waals surface area contributed by atoms with Crippen LogP contribution in [0.2, 0.25) is 0 Å². The summed E-state index contributed by atoms with van der Waals surface area (Å²) in [5, 5.41) is 4.47. The third-order valence-electron chi connectivity index (χ3n) is 4.30. The molecule has 5 heteroatoms. The number of rotatable bonds is 4. The average molecular weight is 326 g/mol. The number of carbonyl (C=O) groups excluding carboxylic acids is 2. The van der Waals surface area contributed by atoms with E-state index in [9.17, 15) is 9.59 Å². The molecule has 0 fully saturated rings. The molecule has 24 heavy (non-hydrogen) atoms. The van der Waals surface area contributed by atoms with Crippen molar-refractivity contribution in [1.82, 2.24) is 9.78 Å². The number of ether oxygens (including phenoxy) is 1. The fourth-order valence-electron chi connectivity index (χ4n) is 2.80. The summed E-state index contributed by atoms with van der Waals surface area (Å²) in [7, 11) is 0. The molecule has 3 rings (SSSR count). The Morgan fingerprint density at radius 2 is 1.88 bits per heavy atom. The van der Waals surface area contributed by atoms with Gasteiger partial charge in [0.25, 0.3) is 0 Å². The number of Topliss-reactive ketones (excluding diaryl/α,β-unsaturated/α-hetero) is 1. The molecule has 0 spiro atoms. The van der Waals surface area contributed by atoms with Gasteiger partial charge in [0.05, 0.1) is 5.69 Å². The van der Waals surface area contributed by atoms with Crippen LogP contribution in [-0.2, 0) is 22.4 Å². The lowest BCUT2D eigenvalue weighted by atomic mass is 9.91. The number of hydrogen-bond acceptors (Lipinski definition) is 4. The minimum Gasteiger partial charge on any atom is -0.453 e. The van der Waals surface area contributed by atoms with E-state index in [-0.39, 0.29) is 12.4 Å². The molecule has 0 atom stereocenters. The van der Waals surface area contributed by atoms with Crippen molar-refractivity contribution in [1.29, 1.82) is 0 Å². The summed E-state index contributed by atoms with van der Waals surface area (Å²) >= 11 is 0. The number of esters is 1. The Hall–Kier alpha value is -2.43. The molecule has 0 radical (unpaired) electrons. The van der Waals surface area contributed by atoms with E-state index in [1.165, 1.54) is 0 Å². The van der Waals surface area contributed by atoms with E-state index >= 15 is 0 Å². The van der Waals surface area contributed by atoms with Crippen molar-refractivity contribution in [3.8, 4) is 5.69 Å². The predicted molar refractivity (Wildman–Crippen MR) is 90.3 cm³/mol. The lowest BCUT2D eigenvalue weighted by Crippen LogP contribution is -2.26. The Bertz CT molecular complexity index is 770. The number of aromatic nitrogens is 2. The standard InChI is InChI=1S/C19H22N2O3/c1-19(2,3)16(22)12-24-18(23)17-14-10-7-11-15(14)21(20-17)13-8-5-4-6-9-13/h4-6,8-9H,7,10-12H2,1-3H3. The molecule has 1 aromatic heterocycles. The molecule has 0 saturated heterocycles.